The van der Waals surface area contributed by atoms with Gasteiger partial charge in [-0.25, -0.2) is 8.78 Å². The first-order valence-corrected chi connectivity index (χ1v) is 7.12. The van der Waals surface area contributed by atoms with Gasteiger partial charge in [-0.15, -0.1) is 0 Å². The lowest BCUT2D eigenvalue weighted by Crippen LogP contribution is -2.34. The number of rotatable bonds is 5. The van der Waals surface area contributed by atoms with Gasteiger partial charge in [-0.1, -0.05) is 12.8 Å². The maximum Gasteiger partial charge on any atom is 0.149 e. The molecule has 0 aliphatic heterocycles. The Balaban J connectivity index is 2.31. The van der Waals surface area contributed by atoms with E-state index in [1.807, 2.05) is 11.8 Å². The third kappa shape index (κ3) is 3.06. The van der Waals surface area contributed by atoms with Crippen molar-refractivity contribution in [1.29, 1.82) is 0 Å². The molecule has 0 amide bonds. The summed E-state index contributed by atoms with van der Waals surface area (Å²) in [5.74, 6) is -0.922. The summed E-state index contributed by atoms with van der Waals surface area (Å²) >= 11 is 0. The highest BCUT2D eigenvalue weighted by Gasteiger charge is 2.26. The molecule has 0 atom stereocenters. The highest BCUT2D eigenvalue weighted by molar-refractivity contribution is 5.51. The quantitative estimate of drug-likeness (QED) is 0.888. The van der Waals surface area contributed by atoms with Gasteiger partial charge in [0.15, 0.2) is 0 Å². The van der Waals surface area contributed by atoms with E-state index in [9.17, 15) is 8.78 Å². The summed E-state index contributed by atoms with van der Waals surface area (Å²) in [6, 6.07) is 3.11. The van der Waals surface area contributed by atoms with Crippen molar-refractivity contribution < 1.29 is 8.78 Å². The Hall–Kier alpha value is -1.16. The summed E-state index contributed by atoms with van der Waals surface area (Å²) in [6.07, 6.45) is 4.85. The molecule has 0 saturated heterocycles. The Morgan fingerprint density at radius 2 is 1.79 bits per heavy atom. The van der Waals surface area contributed by atoms with E-state index in [1.54, 1.807) is 0 Å². The number of anilines is 1. The summed E-state index contributed by atoms with van der Waals surface area (Å²) in [5, 5.41) is 0. The van der Waals surface area contributed by atoms with Crippen LogP contribution in [0.15, 0.2) is 12.1 Å². The van der Waals surface area contributed by atoms with Crippen molar-refractivity contribution in [2.45, 2.75) is 45.1 Å². The molecule has 0 spiro atoms. The average Bonchev–Trinajstić information content (AvgIpc) is 2.87. The van der Waals surface area contributed by atoms with Crippen molar-refractivity contribution >= 4 is 5.69 Å². The molecule has 1 aliphatic carbocycles. The molecule has 0 heterocycles. The zero-order chi connectivity index (χ0) is 13.8. The van der Waals surface area contributed by atoms with Gasteiger partial charge in [0.05, 0.1) is 0 Å². The van der Waals surface area contributed by atoms with E-state index in [-0.39, 0.29) is 11.7 Å². The largest absolute Gasteiger partial charge is 0.364 e. The first-order chi connectivity index (χ1) is 9.17. The highest BCUT2D eigenvalue weighted by Crippen LogP contribution is 2.32. The summed E-state index contributed by atoms with van der Waals surface area (Å²) in [7, 11) is 0. The van der Waals surface area contributed by atoms with Crippen LogP contribution in [0.5, 0.6) is 0 Å². The zero-order valence-corrected chi connectivity index (χ0v) is 11.5. The van der Waals surface area contributed by atoms with E-state index in [0.29, 0.717) is 25.1 Å². The summed E-state index contributed by atoms with van der Waals surface area (Å²) in [6.45, 7) is 2.98. The lowest BCUT2D eigenvalue weighted by molar-refractivity contribution is 0.539. The van der Waals surface area contributed by atoms with Gasteiger partial charge >= 0.3 is 0 Å². The monoisotopic (exact) mass is 268 g/mol. The Bertz CT molecular complexity index is 405. The number of halogens is 2. The van der Waals surface area contributed by atoms with Crippen LogP contribution >= 0.6 is 0 Å². The van der Waals surface area contributed by atoms with E-state index >= 15 is 0 Å². The SMILES string of the molecule is CCN(c1c(F)cc(CCN)cc1F)C1CCCC1. The Morgan fingerprint density at radius 3 is 2.26 bits per heavy atom. The number of nitrogens with zero attached hydrogens (tertiary/aromatic N) is 1. The van der Waals surface area contributed by atoms with Crippen molar-refractivity contribution in [3.63, 3.8) is 0 Å². The van der Waals surface area contributed by atoms with Crippen LogP contribution in [0.3, 0.4) is 0 Å². The van der Waals surface area contributed by atoms with E-state index in [1.165, 1.54) is 12.1 Å². The predicted molar refractivity (Wildman–Crippen MR) is 74.4 cm³/mol. The second-order valence-electron chi connectivity index (χ2n) is 5.17. The molecular weight excluding hydrogens is 246 g/mol. The maximum absolute atomic E-state index is 14.2. The molecule has 1 aliphatic rings. The van der Waals surface area contributed by atoms with E-state index < -0.39 is 11.6 Å². The fraction of sp³-hybridized carbons (Fsp3) is 0.600. The standard InChI is InChI=1S/C15H22F2N2/c1-2-19(12-5-3-4-6-12)15-13(16)9-11(7-8-18)10-14(15)17/h9-10,12H,2-8,18H2,1H3. The summed E-state index contributed by atoms with van der Waals surface area (Å²) < 4.78 is 28.4. The van der Waals surface area contributed by atoms with Crippen LogP contribution in [0.2, 0.25) is 0 Å². The molecule has 19 heavy (non-hydrogen) atoms. The second kappa shape index (κ2) is 6.33. The van der Waals surface area contributed by atoms with E-state index in [4.69, 9.17) is 5.73 Å². The molecule has 2 nitrogen and oxygen atoms in total. The molecule has 1 aromatic rings. The van der Waals surface area contributed by atoms with E-state index in [2.05, 4.69) is 0 Å². The van der Waals surface area contributed by atoms with Crippen molar-refractivity contribution in [2.24, 2.45) is 5.73 Å². The Kier molecular flexibility index (Phi) is 4.75. The molecule has 0 radical (unpaired) electrons. The minimum absolute atomic E-state index is 0.134. The lowest BCUT2D eigenvalue weighted by Gasteiger charge is -2.30. The Labute approximate surface area is 113 Å². The van der Waals surface area contributed by atoms with Crippen LogP contribution in [-0.4, -0.2) is 19.1 Å². The molecule has 0 aromatic heterocycles. The molecule has 2 rings (SSSR count). The lowest BCUT2D eigenvalue weighted by atomic mass is 10.1. The number of benzene rings is 1. The average molecular weight is 268 g/mol. The molecule has 0 bridgehead atoms. The van der Waals surface area contributed by atoms with E-state index in [0.717, 1.165) is 25.7 Å². The van der Waals surface area contributed by atoms with Crippen LogP contribution in [0, 0.1) is 11.6 Å². The maximum atomic E-state index is 14.2. The Morgan fingerprint density at radius 1 is 1.21 bits per heavy atom. The van der Waals surface area contributed by atoms with Gasteiger partial charge < -0.3 is 10.6 Å². The first-order valence-electron chi connectivity index (χ1n) is 7.12. The molecule has 0 unspecified atom stereocenters. The molecule has 1 fully saturated rings. The fourth-order valence-corrected chi connectivity index (χ4v) is 3.02. The van der Waals surface area contributed by atoms with Crippen molar-refractivity contribution in [3.05, 3.63) is 29.3 Å². The van der Waals surface area contributed by atoms with Gasteiger partial charge in [-0.05, 0) is 50.4 Å². The van der Waals surface area contributed by atoms with Gasteiger partial charge in [0.2, 0.25) is 0 Å². The summed E-state index contributed by atoms with van der Waals surface area (Å²) in [4.78, 5) is 1.88. The zero-order valence-electron chi connectivity index (χ0n) is 11.5. The second-order valence-corrected chi connectivity index (χ2v) is 5.17. The van der Waals surface area contributed by atoms with Gasteiger partial charge in [0.1, 0.15) is 17.3 Å². The molecular formula is C15H22F2N2. The van der Waals surface area contributed by atoms with Gasteiger partial charge in [-0.2, -0.15) is 0 Å². The third-order valence-electron chi connectivity index (χ3n) is 3.90. The topological polar surface area (TPSA) is 29.3 Å². The van der Waals surface area contributed by atoms with Gasteiger partial charge in [0.25, 0.3) is 0 Å². The van der Waals surface area contributed by atoms with Crippen LogP contribution < -0.4 is 10.6 Å². The fourth-order valence-electron chi connectivity index (χ4n) is 3.02. The number of hydrogen-bond acceptors (Lipinski definition) is 2. The molecule has 1 saturated carbocycles. The summed E-state index contributed by atoms with van der Waals surface area (Å²) in [5.41, 5.74) is 6.19. The van der Waals surface area contributed by atoms with Gasteiger partial charge in [0, 0.05) is 12.6 Å². The van der Waals surface area contributed by atoms with Crippen molar-refractivity contribution in [1.82, 2.24) is 0 Å². The van der Waals surface area contributed by atoms with Crippen LogP contribution in [0.25, 0.3) is 0 Å². The predicted octanol–water partition coefficient (Wildman–Crippen LogP) is 3.23. The first kappa shape index (κ1) is 14.3. The number of hydrogen-bond donors (Lipinski definition) is 1. The third-order valence-corrected chi connectivity index (χ3v) is 3.90. The smallest absolute Gasteiger partial charge is 0.149 e. The van der Waals surface area contributed by atoms with Crippen LogP contribution in [-0.2, 0) is 6.42 Å². The molecule has 4 heteroatoms. The normalized spacial score (nSPS) is 16.0. The highest BCUT2D eigenvalue weighted by atomic mass is 19.1. The minimum atomic E-state index is -0.461. The minimum Gasteiger partial charge on any atom is -0.364 e. The number of nitrogens with two attached hydrogens (primary N) is 1. The van der Waals surface area contributed by atoms with Crippen LogP contribution in [0.1, 0.15) is 38.2 Å². The van der Waals surface area contributed by atoms with Gasteiger partial charge in [-0.3, -0.25) is 0 Å². The molecule has 2 N–H and O–H groups in total. The molecule has 1 aromatic carbocycles. The van der Waals surface area contributed by atoms with Crippen molar-refractivity contribution in [3.8, 4) is 0 Å². The molecule has 106 valence electrons. The van der Waals surface area contributed by atoms with Crippen molar-refractivity contribution in [2.75, 3.05) is 18.0 Å². The van der Waals surface area contributed by atoms with Crippen LogP contribution in [0.4, 0.5) is 14.5 Å².